The summed E-state index contributed by atoms with van der Waals surface area (Å²) in [7, 11) is 0. The lowest BCUT2D eigenvalue weighted by molar-refractivity contribution is 0.0940. The summed E-state index contributed by atoms with van der Waals surface area (Å²) in [5.74, 6) is 2.31. The number of aromatic nitrogens is 2. The molecule has 4 rings (SSSR count). The lowest BCUT2D eigenvalue weighted by Crippen LogP contribution is -2.26. The number of amides is 1. The molecule has 0 unspecified atom stereocenters. The van der Waals surface area contributed by atoms with Crippen molar-refractivity contribution in [3.63, 3.8) is 0 Å². The molecule has 1 aliphatic heterocycles. The minimum atomic E-state index is -0.178. The Kier molecular flexibility index (Phi) is 4.97. The zero-order valence-electron chi connectivity index (χ0n) is 15.8. The summed E-state index contributed by atoms with van der Waals surface area (Å²) in [6.07, 6.45) is 0.857. The highest BCUT2D eigenvalue weighted by Gasteiger charge is 2.16. The van der Waals surface area contributed by atoms with E-state index in [1.807, 2.05) is 25.1 Å². The highest BCUT2D eigenvalue weighted by Crippen LogP contribution is 2.32. The van der Waals surface area contributed by atoms with Crippen molar-refractivity contribution >= 4 is 5.91 Å². The summed E-state index contributed by atoms with van der Waals surface area (Å²) in [6.45, 7) is 4.98. The van der Waals surface area contributed by atoms with E-state index < -0.39 is 0 Å². The van der Waals surface area contributed by atoms with Gasteiger partial charge in [-0.2, -0.15) is 4.98 Å². The van der Waals surface area contributed by atoms with Crippen LogP contribution in [0.15, 0.2) is 47.0 Å². The Balaban J connectivity index is 1.45. The second kappa shape index (κ2) is 7.72. The summed E-state index contributed by atoms with van der Waals surface area (Å²) in [4.78, 5) is 16.8. The molecule has 0 saturated carbocycles. The third-order valence-corrected chi connectivity index (χ3v) is 4.54. The average Bonchev–Trinajstić information content (AvgIpc) is 3.00. The van der Waals surface area contributed by atoms with Crippen LogP contribution in [0.3, 0.4) is 0 Å². The SMILES string of the molecule is Cc1noc(-c2ccc(C(=O)N[C@H](C)c3ccc4c(c3)OCCCO4)cc2)n1. The van der Waals surface area contributed by atoms with Crippen molar-refractivity contribution in [3.8, 4) is 23.0 Å². The molecule has 7 heteroatoms. The van der Waals surface area contributed by atoms with E-state index in [2.05, 4.69) is 15.5 Å². The van der Waals surface area contributed by atoms with Gasteiger partial charge in [-0.05, 0) is 55.8 Å². The number of carbonyl (C=O) groups is 1. The van der Waals surface area contributed by atoms with Gasteiger partial charge in [0.25, 0.3) is 11.8 Å². The molecular weight excluding hydrogens is 358 g/mol. The number of benzene rings is 2. The molecule has 2 aromatic carbocycles. The fourth-order valence-corrected chi connectivity index (χ4v) is 2.99. The van der Waals surface area contributed by atoms with Crippen LogP contribution in [0.25, 0.3) is 11.5 Å². The van der Waals surface area contributed by atoms with E-state index in [1.165, 1.54) is 0 Å². The van der Waals surface area contributed by atoms with E-state index in [1.54, 1.807) is 31.2 Å². The Morgan fingerprint density at radius 3 is 2.54 bits per heavy atom. The molecule has 0 aliphatic carbocycles. The molecule has 1 aliphatic rings. The molecule has 144 valence electrons. The minimum absolute atomic E-state index is 0.159. The van der Waals surface area contributed by atoms with Crippen LogP contribution in [0.1, 0.15) is 41.1 Å². The van der Waals surface area contributed by atoms with E-state index in [-0.39, 0.29) is 11.9 Å². The predicted molar refractivity (Wildman–Crippen MR) is 102 cm³/mol. The van der Waals surface area contributed by atoms with Gasteiger partial charge in [0.05, 0.1) is 19.3 Å². The highest BCUT2D eigenvalue weighted by atomic mass is 16.5. The second-order valence-electron chi connectivity index (χ2n) is 6.68. The Bertz CT molecular complexity index is 982. The molecule has 7 nitrogen and oxygen atoms in total. The van der Waals surface area contributed by atoms with Crippen LogP contribution in [0.2, 0.25) is 0 Å². The number of hydrogen-bond acceptors (Lipinski definition) is 6. The van der Waals surface area contributed by atoms with Crippen molar-refractivity contribution in [2.24, 2.45) is 0 Å². The summed E-state index contributed by atoms with van der Waals surface area (Å²) < 4.78 is 16.5. The third-order valence-electron chi connectivity index (χ3n) is 4.54. The fourth-order valence-electron chi connectivity index (χ4n) is 2.99. The number of hydrogen-bond donors (Lipinski definition) is 1. The van der Waals surface area contributed by atoms with Crippen LogP contribution < -0.4 is 14.8 Å². The van der Waals surface area contributed by atoms with Crippen molar-refractivity contribution in [2.45, 2.75) is 26.3 Å². The van der Waals surface area contributed by atoms with Crippen molar-refractivity contribution in [1.82, 2.24) is 15.5 Å². The topological polar surface area (TPSA) is 86.5 Å². The van der Waals surface area contributed by atoms with Crippen molar-refractivity contribution in [2.75, 3.05) is 13.2 Å². The van der Waals surface area contributed by atoms with Gasteiger partial charge in [0.1, 0.15) is 0 Å². The first-order valence-corrected chi connectivity index (χ1v) is 9.21. The Hall–Kier alpha value is -3.35. The number of fused-ring (bicyclic) bond motifs is 1. The van der Waals surface area contributed by atoms with E-state index in [0.717, 1.165) is 29.0 Å². The van der Waals surface area contributed by atoms with Crippen molar-refractivity contribution in [3.05, 3.63) is 59.4 Å². The average molecular weight is 379 g/mol. The second-order valence-corrected chi connectivity index (χ2v) is 6.68. The van der Waals surface area contributed by atoms with Gasteiger partial charge in [-0.15, -0.1) is 0 Å². The van der Waals surface area contributed by atoms with Crippen LogP contribution in [0.4, 0.5) is 0 Å². The number of nitrogens with zero attached hydrogens (tertiary/aromatic N) is 2. The molecule has 0 radical (unpaired) electrons. The van der Waals surface area contributed by atoms with E-state index in [9.17, 15) is 4.79 Å². The molecule has 28 heavy (non-hydrogen) atoms. The van der Waals surface area contributed by atoms with Crippen molar-refractivity contribution in [1.29, 1.82) is 0 Å². The monoisotopic (exact) mass is 379 g/mol. The molecule has 0 saturated heterocycles. The van der Waals surface area contributed by atoms with Gasteiger partial charge in [-0.25, -0.2) is 0 Å². The van der Waals surface area contributed by atoms with Gasteiger partial charge in [-0.3, -0.25) is 4.79 Å². The summed E-state index contributed by atoms with van der Waals surface area (Å²) in [5, 5.41) is 6.79. The van der Waals surface area contributed by atoms with Gasteiger partial charge >= 0.3 is 0 Å². The van der Waals surface area contributed by atoms with E-state index in [0.29, 0.717) is 30.5 Å². The summed E-state index contributed by atoms with van der Waals surface area (Å²) >= 11 is 0. The maximum absolute atomic E-state index is 12.6. The molecule has 1 atom stereocenters. The molecular formula is C21H21N3O4. The van der Waals surface area contributed by atoms with Crippen LogP contribution >= 0.6 is 0 Å². The lowest BCUT2D eigenvalue weighted by atomic mass is 10.1. The molecule has 1 N–H and O–H groups in total. The quantitative estimate of drug-likeness (QED) is 0.744. The summed E-state index contributed by atoms with van der Waals surface area (Å²) in [6, 6.07) is 12.6. The largest absolute Gasteiger partial charge is 0.490 e. The standard InChI is InChI=1S/C21H21N3O4/c1-13(17-8-9-18-19(12-17)27-11-3-10-26-18)22-20(25)15-4-6-16(7-5-15)21-23-14(2)24-28-21/h4-9,12-13H,3,10-11H2,1-2H3,(H,22,25)/t13-/m1/s1. The van der Waals surface area contributed by atoms with E-state index >= 15 is 0 Å². The summed E-state index contributed by atoms with van der Waals surface area (Å²) in [5.41, 5.74) is 2.28. The molecule has 2 heterocycles. The molecule has 0 bridgehead atoms. The van der Waals surface area contributed by atoms with Crippen LogP contribution in [-0.4, -0.2) is 29.3 Å². The molecule has 1 amide bonds. The normalized spacial score (nSPS) is 14.2. The molecule has 0 spiro atoms. The van der Waals surface area contributed by atoms with Gasteiger partial charge in [0, 0.05) is 17.5 Å². The number of carbonyl (C=O) groups excluding carboxylic acids is 1. The first-order chi connectivity index (χ1) is 13.6. The van der Waals surface area contributed by atoms with E-state index in [4.69, 9.17) is 14.0 Å². The first-order valence-electron chi connectivity index (χ1n) is 9.21. The number of rotatable bonds is 4. The van der Waals surface area contributed by atoms with Gasteiger partial charge < -0.3 is 19.3 Å². The van der Waals surface area contributed by atoms with Gasteiger partial charge in [0.2, 0.25) is 0 Å². The fraction of sp³-hybridized carbons (Fsp3) is 0.286. The zero-order chi connectivity index (χ0) is 19.5. The van der Waals surface area contributed by atoms with Crippen LogP contribution in [-0.2, 0) is 0 Å². The van der Waals surface area contributed by atoms with Gasteiger partial charge in [0.15, 0.2) is 17.3 Å². The van der Waals surface area contributed by atoms with Crippen molar-refractivity contribution < 1.29 is 18.8 Å². The van der Waals surface area contributed by atoms with Crippen LogP contribution in [0, 0.1) is 6.92 Å². The smallest absolute Gasteiger partial charge is 0.257 e. The minimum Gasteiger partial charge on any atom is -0.490 e. The Labute approximate surface area is 162 Å². The maximum Gasteiger partial charge on any atom is 0.257 e. The zero-order valence-corrected chi connectivity index (χ0v) is 15.8. The third kappa shape index (κ3) is 3.83. The first kappa shape index (κ1) is 18.0. The van der Waals surface area contributed by atoms with Gasteiger partial charge in [-0.1, -0.05) is 11.2 Å². The molecule has 0 fully saturated rings. The number of aryl methyl sites for hydroxylation is 1. The Morgan fingerprint density at radius 1 is 1.07 bits per heavy atom. The number of ether oxygens (including phenoxy) is 2. The lowest BCUT2D eigenvalue weighted by Gasteiger charge is -2.16. The predicted octanol–water partition coefficient (Wildman–Crippen LogP) is 3.70. The Morgan fingerprint density at radius 2 is 1.82 bits per heavy atom. The maximum atomic E-state index is 12.6. The van der Waals surface area contributed by atoms with Crippen LogP contribution in [0.5, 0.6) is 11.5 Å². The number of nitrogens with one attached hydrogen (secondary N) is 1. The highest BCUT2D eigenvalue weighted by molar-refractivity contribution is 5.94. The molecule has 1 aromatic heterocycles. The molecule has 3 aromatic rings.